The van der Waals surface area contributed by atoms with Crippen LogP contribution in [0.25, 0.3) is 10.1 Å². The molecule has 5 nitrogen and oxygen atoms in total. The molecule has 0 aliphatic carbocycles. The van der Waals surface area contributed by atoms with Crippen molar-refractivity contribution in [2.45, 2.75) is 6.92 Å². The molecule has 1 amide bonds. The van der Waals surface area contributed by atoms with Gasteiger partial charge in [-0.3, -0.25) is 0 Å². The fraction of sp³-hybridized carbons (Fsp3) is 0.333. The van der Waals surface area contributed by atoms with Crippen molar-refractivity contribution in [1.82, 2.24) is 4.90 Å². The number of fused-ring (bicyclic) bond motifs is 1. The second kappa shape index (κ2) is 7.08. The lowest BCUT2D eigenvalue weighted by Gasteiger charge is -2.15. The van der Waals surface area contributed by atoms with Gasteiger partial charge in [0.15, 0.2) is 0 Å². The zero-order valence-corrected chi connectivity index (χ0v) is 12.8. The number of thiophene rings is 1. The summed E-state index contributed by atoms with van der Waals surface area (Å²) in [5.74, 6) is -0.367. The van der Waals surface area contributed by atoms with E-state index in [2.05, 4.69) is 0 Å². The first-order valence-electron chi connectivity index (χ1n) is 6.65. The van der Waals surface area contributed by atoms with Gasteiger partial charge in [0.05, 0.1) is 13.2 Å². The average Bonchev–Trinajstić information content (AvgIpc) is 2.91. The Labute approximate surface area is 127 Å². The van der Waals surface area contributed by atoms with E-state index in [4.69, 9.17) is 9.47 Å². The van der Waals surface area contributed by atoms with Crippen LogP contribution in [0.3, 0.4) is 0 Å². The number of hydrogen-bond acceptors (Lipinski definition) is 5. The highest BCUT2D eigenvalue weighted by Crippen LogP contribution is 2.25. The van der Waals surface area contributed by atoms with E-state index >= 15 is 0 Å². The first-order chi connectivity index (χ1) is 10.1. The number of hydrogen-bond donors (Lipinski definition) is 0. The van der Waals surface area contributed by atoms with Crippen LogP contribution in [0.1, 0.15) is 16.6 Å². The summed E-state index contributed by atoms with van der Waals surface area (Å²) in [6.45, 7) is 2.51. The third-order valence-electron chi connectivity index (χ3n) is 2.87. The van der Waals surface area contributed by atoms with Gasteiger partial charge in [0, 0.05) is 11.7 Å². The van der Waals surface area contributed by atoms with Crippen molar-refractivity contribution in [3.63, 3.8) is 0 Å². The van der Waals surface area contributed by atoms with Crippen molar-refractivity contribution in [3.8, 4) is 0 Å². The molecule has 1 aromatic heterocycles. The van der Waals surface area contributed by atoms with Crippen molar-refractivity contribution in [3.05, 3.63) is 35.2 Å². The Bertz CT molecular complexity index is 604. The number of nitrogens with zero attached hydrogens (tertiary/aromatic N) is 1. The molecule has 0 radical (unpaired) electrons. The molecule has 2 aromatic rings. The zero-order chi connectivity index (χ0) is 15.2. The standard InChI is InChI=1S/C15H17NO4S/c1-3-19-15(18)16(2)8-9-20-14(17)13-10-11-6-4-5-7-12(11)21-13/h4-7,10H,3,8-9H2,1-2H3. The van der Waals surface area contributed by atoms with Crippen LogP contribution in [-0.2, 0) is 9.47 Å². The maximum absolute atomic E-state index is 11.9. The predicted molar refractivity (Wildman–Crippen MR) is 81.8 cm³/mol. The third-order valence-corrected chi connectivity index (χ3v) is 3.96. The van der Waals surface area contributed by atoms with Crippen LogP contribution in [0.4, 0.5) is 4.79 Å². The molecule has 0 bridgehead atoms. The zero-order valence-electron chi connectivity index (χ0n) is 12.0. The normalized spacial score (nSPS) is 10.4. The maximum Gasteiger partial charge on any atom is 0.409 e. The molecule has 0 aliphatic heterocycles. The van der Waals surface area contributed by atoms with Crippen molar-refractivity contribution in [2.24, 2.45) is 0 Å². The van der Waals surface area contributed by atoms with Crippen molar-refractivity contribution in [1.29, 1.82) is 0 Å². The molecule has 112 valence electrons. The number of esters is 1. The number of benzene rings is 1. The van der Waals surface area contributed by atoms with Gasteiger partial charge in [-0.25, -0.2) is 9.59 Å². The van der Waals surface area contributed by atoms with E-state index in [1.165, 1.54) is 16.2 Å². The molecule has 1 heterocycles. The highest BCUT2D eigenvalue weighted by Gasteiger charge is 2.13. The Balaban J connectivity index is 1.86. The number of likely N-dealkylation sites (N-methyl/N-ethyl adjacent to an activating group) is 1. The predicted octanol–water partition coefficient (Wildman–Crippen LogP) is 3.15. The van der Waals surface area contributed by atoms with Crippen LogP contribution in [0.15, 0.2) is 30.3 Å². The number of ether oxygens (including phenoxy) is 2. The third kappa shape index (κ3) is 3.95. The van der Waals surface area contributed by atoms with Gasteiger partial charge in [-0.15, -0.1) is 11.3 Å². The fourth-order valence-corrected chi connectivity index (χ4v) is 2.71. The van der Waals surface area contributed by atoms with Crippen LogP contribution in [0.5, 0.6) is 0 Å². The molecule has 6 heteroatoms. The molecular formula is C15H17NO4S. The molecule has 0 atom stereocenters. The van der Waals surface area contributed by atoms with Crippen LogP contribution in [-0.4, -0.2) is 43.8 Å². The lowest BCUT2D eigenvalue weighted by atomic mass is 10.2. The second-order valence-corrected chi connectivity index (χ2v) is 5.49. The summed E-state index contributed by atoms with van der Waals surface area (Å²) in [7, 11) is 1.60. The highest BCUT2D eigenvalue weighted by atomic mass is 32.1. The van der Waals surface area contributed by atoms with E-state index in [1.54, 1.807) is 14.0 Å². The minimum atomic E-state index is -0.421. The second-order valence-electron chi connectivity index (χ2n) is 4.40. The molecule has 0 spiro atoms. The van der Waals surface area contributed by atoms with Crippen molar-refractivity contribution in [2.75, 3.05) is 26.8 Å². The Morgan fingerprint density at radius 3 is 2.71 bits per heavy atom. The Hall–Kier alpha value is -2.08. The topological polar surface area (TPSA) is 55.8 Å². The van der Waals surface area contributed by atoms with Crippen LogP contribution in [0.2, 0.25) is 0 Å². The number of carbonyl (C=O) groups excluding carboxylic acids is 2. The number of rotatable bonds is 5. The van der Waals surface area contributed by atoms with E-state index in [0.29, 0.717) is 18.0 Å². The minimum Gasteiger partial charge on any atom is -0.460 e. The van der Waals surface area contributed by atoms with Crippen molar-refractivity contribution < 1.29 is 19.1 Å². The summed E-state index contributed by atoms with van der Waals surface area (Å²) < 4.78 is 11.1. The van der Waals surface area contributed by atoms with Gasteiger partial charge in [-0.2, -0.15) is 0 Å². The molecule has 0 fully saturated rings. The summed E-state index contributed by atoms with van der Waals surface area (Å²) in [5.41, 5.74) is 0. The molecule has 2 rings (SSSR count). The average molecular weight is 307 g/mol. The number of carbonyl (C=O) groups is 2. The van der Waals surface area contributed by atoms with Gasteiger partial charge in [0.2, 0.25) is 0 Å². The number of amides is 1. The quantitative estimate of drug-likeness (QED) is 0.796. The van der Waals surface area contributed by atoms with Crippen LogP contribution < -0.4 is 0 Å². The summed E-state index contributed by atoms with van der Waals surface area (Å²) in [6.07, 6.45) is -0.421. The summed E-state index contributed by atoms with van der Waals surface area (Å²) in [6, 6.07) is 9.60. The van der Waals surface area contributed by atoms with Gasteiger partial charge in [-0.05, 0) is 24.4 Å². The first-order valence-corrected chi connectivity index (χ1v) is 7.47. The summed E-state index contributed by atoms with van der Waals surface area (Å²) >= 11 is 1.40. The molecule has 0 N–H and O–H groups in total. The first kappa shape index (κ1) is 15.3. The smallest absolute Gasteiger partial charge is 0.409 e. The molecule has 0 saturated carbocycles. The summed E-state index contributed by atoms with van der Waals surface area (Å²) in [4.78, 5) is 25.3. The molecular weight excluding hydrogens is 290 g/mol. The fourth-order valence-electron chi connectivity index (χ4n) is 1.75. The van der Waals surface area contributed by atoms with Crippen LogP contribution in [0, 0.1) is 0 Å². The monoisotopic (exact) mass is 307 g/mol. The molecule has 0 aliphatic rings. The molecule has 0 saturated heterocycles. The SMILES string of the molecule is CCOC(=O)N(C)CCOC(=O)c1cc2ccccc2s1. The van der Waals surface area contributed by atoms with Gasteiger partial charge >= 0.3 is 12.1 Å². The van der Waals surface area contributed by atoms with E-state index in [0.717, 1.165) is 10.1 Å². The molecule has 21 heavy (non-hydrogen) atoms. The lowest BCUT2D eigenvalue weighted by Crippen LogP contribution is -2.31. The minimum absolute atomic E-state index is 0.141. The summed E-state index contributed by atoms with van der Waals surface area (Å²) in [5, 5.41) is 1.03. The largest absolute Gasteiger partial charge is 0.460 e. The molecule has 0 unspecified atom stereocenters. The maximum atomic E-state index is 11.9. The van der Waals surface area contributed by atoms with E-state index in [9.17, 15) is 9.59 Å². The van der Waals surface area contributed by atoms with Gasteiger partial charge in [-0.1, -0.05) is 18.2 Å². The highest BCUT2D eigenvalue weighted by molar-refractivity contribution is 7.20. The Morgan fingerprint density at radius 1 is 1.24 bits per heavy atom. The van der Waals surface area contributed by atoms with E-state index in [-0.39, 0.29) is 12.6 Å². The van der Waals surface area contributed by atoms with Crippen molar-refractivity contribution >= 4 is 33.5 Å². The Morgan fingerprint density at radius 2 is 2.00 bits per heavy atom. The van der Waals surface area contributed by atoms with Gasteiger partial charge < -0.3 is 14.4 Å². The van der Waals surface area contributed by atoms with Gasteiger partial charge in [0.1, 0.15) is 11.5 Å². The lowest BCUT2D eigenvalue weighted by molar-refractivity contribution is 0.0462. The van der Waals surface area contributed by atoms with Gasteiger partial charge in [0.25, 0.3) is 0 Å². The van der Waals surface area contributed by atoms with E-state index < -0.39 is 6.09 Å². The van der Waals surface area contributed by atoms with E-state index in [1.807, 2.05) is 30.3 Å². The Kier molecular flexibility index (Phi) is 5.16. The van der Waals surface area contributed by atoms with Crippen LogP contribution >= 0.6 is 11.3 Å². The molecule has 1 aromatic carbocycles.